The van der Waals surface area contributed by atoms with Crippen molar-refractivity contribution in [3.05, 3.63) is 82.3 Å². The number of sulfonamides is 1. The van der Waals surface area contributed by atoms with Crippen LogP contribution in [0.5, 0.6) is 5.75 Å². The molecule has 9 heteroatoms. The van der Waals surface area contributed by atoms with Crippen LogP contribution < -0.4 is 14.8 Å². The molecule has 150 valence electrons. The van der Waals surface area contributed by atoms with Crippen molar-refractivity contribution in [1.29, 1.82) is 0 Å². The fourth-order valence-electron chi connectivity index (χ4n) is 2.54. The molecular formula is C20H16Cl2N2O4S. The topological polar surface area (TPSA) is 84.5 Å². The zero-order chi connectivity index (χ0) is 21.0. The third kappa shape index (κ3) is 5.00. The number of hydrogen-bond donors (Lipinski definition) is 2. The first-order chi connectivity index (χ1) is 13.8. The first kappa shape index (κ1) is 21.0. The van der Waals surface area contributed by atoms with Crippen LogP contribution in [0, 0.1) is 0 Å². The van der Waals surface area contributed by atoms with E-state index in [1.54, 1.807) is 30.3 Å². The zero-order valence-corrected chi connectivity index (χ0v) is 17.5. The van der Waals surface area contributed by atoms with Crippen LogP contribution >= 0.6 is 23.2 Å². The van der Waals surface area contributed by atoms with Gasteiger partial charge in [-0.25, -0.2) is 8.42 Å². The van der Waals surface area contributed by atoms with Crippen molar-refractivity contribution in [3.63, 3.8) is 0 Å². The molecule has 0 spiro atoms. The number of carbonyl (C=O) groups excluding carboxylic acids is 1. The van der Waals surface area contributed by atoms with Crippen LogP contribution in [0.3, 0.4) is 0 Å². The second-order valence-corrected chi connectivity index (χ2v) is 8.44. The average molecular weight is 451 g/mol. The number of methoxy groups -OCH3 is 1. The van der Waals surface area contributed by atoms with Gasteiger partial charge < -0.3 is 10.1 Å². The first-order valence-electron chi connectivity index (χ1n) is 8.32. The summed E-state index contributed by atoms with van der Waals surface area (Å²) in [5.74, 6) is -0.238. The Labute approximate surface area is 178 Å². The number of benzene rings is 3. The summed E-state index contributed by atoms with van der Waals surface area (Å²) in [6, 6.07) is 17.1. The van der Waals surface area contributed by atoms with Gasteiger partial charge in [-0.2, -0.15) is 0 Å². The number of rotatable bonds is 6. The van der Waals surface area contributed by atoms with Crippen LogP contribution in [0.4, 0.5) is 11.4 Å². The number of ether oxygens (including phenoxy) is 1. The van der Waals surface area contributed by atoms with Gasteiger partial charge in [0.15, 0.2) is 0 Å². The number of hydrogen-bond acceptors (Lipinski definition) is 4. The van der Waals surface area contributed by atoms with E-state index >= 15 is 0 Å². The SMILES string of the molecule is COc1ccc(S(=O)(=O)Nc2ccccc2)cc1NC(=O)c1ccc(Cl)cc1Cl. The fraction of sp³-hybridized carbons (Fsp3) is 0.0500. The summed E-state index contributed by atoms with van der Waals surface area (Å²) in [4.78, 5) is 12.6. The Morgan fingerprint density at radius 2 is 1.69 bits per heavy atom. The van der Waals surface area contributed by atoms with Crippen molar-refractivity contribution < 1.29 is 17.9 Å². The van der Waals surface area contributed by atoms with E-state index in [1.807, 2.05) is 0 Å². The molecule has 0 aliphatic heterocycles. The summed E-state index contributed by atoms with van der Waals surface area (Å²) < 4.78 is 33.1. The summed E-state index contributed by atoms with van der Waals surface area (Å²) in [7, 11) is -2.46. The maximum absolute atomic E-state index is 12.7. The maximum atomic E-state index is 12.7. The molecule has 6 nitrogen and oxygen atoms in total. The number of carbonyl (C=O) groups is 1. The third-order valence-electron chi connectivity index (χ3n) is 3.93. The van der Waals surface area contributed by atoms with Crippen LogP contribution in [0.2, 0.25) is 10.0 Å². The summed E-state index contributed by atoms with van der Waals surface area (Å²) in [6.45, 7) is 0. The van der Waals surface area contributed by atoms with Gasteiger partial charge in [-0.3, -0.25) is 9.52 Å². The van der Waals surface area contributed by atoms with Crippen LogP contribution in [0.15, 0.2) is 71.6 Å². The number of anilines is 2. The largest absolute Gasteiger partial charge is 0.495 e. The molecule has 3 aromatic rings. The van der Waals surface area contributed by atoms with Crippen molar-refractivity contribution >= 4 is 50.5 Å². The highest BCUT2D eigenvalue weighted by atomic mass is 35.5. The van der Waals surface area contributed by atoms with Crippen molar-refractivity contribution in [1.82, 2.24) is 0 Å². The van der Waals surface area contributed by atoms with Gasteiger partial charge in [-0.05, 0) is 48.5 Å². The summed E-state index contributed by atoms with van der Waals surface area (Å²) in [6.07, 6.45) is 0. The second kappa shape index (κ2) is 8.73. The second-order valence-electron chi connectivity index (χ2n) is 5.91. The normalized spacial score (nSPS) is 11.0. The average Bonchev–Trinajstić information content (AvgIpc) is 2.68. The molecule has 0 fully saturated rings. The highest BCUT2D eigenvalue weighted by Crippen LogP contribution is 2.30. The molecule has 2 N–H and O–H groups in total. The lowest BCUT2D eigenvalue weighted by atomic mass is 10.2. The van der Waals surface area contributed by atoms with Crippen molar-refractivity contribution in [2.45, 2.75) is 4.90 Å². The Kier molecular flexibility index (Phi) is 6.32. The Morgan fingerprint density at radius 3 is 2.34 bits per heavy atom. The minimum absolute atomic E-state index is 0.0420. The molecule has 0 aliphatic carbocycles. The molecule has 1 amide bonds. The van der Waals surface area contributed by atoms with Gasteiger partial charge in [-0.15, -0.1) is 0 Å². The number of amides is 1. The van der Waals surface area contributed by atoms with Crippen LogP contribution in [0.1, 0.15) is 10.4 Å². The zero-order valence-electron chi connectivity index (χ0n) is 15.1. The lowest BCUT2D eigenvalue weighted by Crippen LogP contribution is -2.16. The Morgan fingerprint density at radius 1 is 0.966 bits per heavy atom. The van der Waals surface area contributed by atoms with Crippen molar-refractivity contribution in [2.24, 2.45) is 0 Å². The van der Waals surface area contributed by atoms with E-state index in [2.05, 4.69) is 10.0 Å². The molecule has 0 unspecified atom stereocenters. The van der Waals surface area contributed by atoms with Crippen LogP contribution in [0.25, 0.3) is 0 Å². The monoisotopic (exact) mass is 450 g/mol. The molecule has 0 saturated heterocycles. The third-order valence-corrected chi connectivity index (χ3v) is 5.86. The van der Waals surface area contributed by atoms with E-state index < -0.39 is 15.9 Å². The van der Waals surface area contributed by atoms with Crippen molar-refractivity contribution in [2.75, 3.05) is 17.1 Å². The molecule has 0 saturated carbocycles. The van der Waals surface area contributed by atoms with Gasteiger partial charge in [0, 0.05) is 10.7 Å². The molecule has 0 radical (unpaired) electrons. The molecule has 0 aliphatic rings. The molecule has 0 heterocycles. The number of nitrogens with one attached hydrogen (secondary N) is 2. The molecule has 29 heavy (non-hydrogen) atoms. The molecule has 3 rings (SSSR count). The Bertz CT molecular complexity index is 1150. The molecule has 0 aromatic heterocycles. The van der Waals surface area contributed by atoms with Gasteiger partial charge in [0.25, 0.3) is 15.9 Å². The predicted octanol–water partition coefficient (Wildman–Crippen LogP) is 5.06. The summed E-state index contributed by atoms with van der Waals surface area (Å²) in [5, 5.41) is 3.19. The van der Waals surface area contributed by atoms with E-state index in [-0.39, 0.29) is 21.2 Å². The van der Waals surface area contributed by atoms with E-state index in [1.165, 1.54) is 43.5 Å². The highest BCUT2D eigenvalue weighted by molar-refractivity contribution is 7.92. The van der Waals surface area contributed by atoms with E-state index in [4.69, 9.17) is 27.9 Å². The minimum Gasteiger partial charge on any atom is -0.495 e. The molecular weight excluding hydrogens is 435 g/mol. The molecule has 3 aromatic carbocycles. The first-order valence-corrected chi connectivity index (χ1v) is 10.6. The van der Waals surface area contributed by atoms with Crippen LogP contribution in [-0.4, -0.2) is 21.4 Å². The van der Waals surface area contributed by atoms with Gasteiger partial charge in [0.1, 0.15) is 5.75 Å². The molecule has 0 bridgehead atoms. The van der Waals surface area contributed by atoms with Gasteiger partial charge in [0.05, 0.1) is 28.3 Å². The summed E-state index contributed by atoms with van der Waals surface area (Å²) in [5.41, 5.74) is 0.787. The minimum atomic E-state index is -3.88. The van der Waals surface area contributed by atoms with Gasteiger partial charge >= 0.3 is 0 Å². The highest BCUT2D eigenvalue weighted by Gasteiger charge is 2.19. The standard InChI is InChI=1S/C20H16Cl2N2O4S/c1-28-19-10-8-15(29(26,27)24-14-5-3-2-4-6-14)12-18(19)23-20(25)16-9-7-13(21)11-17(16)22/h2-12,24H,1H3,(H,23,25). The summed E-state index contributed by atoms with van der Waals surface area (Å²) >= 11 is 11.9. The van der Waals surface area contributed by atoms with E-state index in [0.29, 0.717) is 16.5 Å². The lowest BCUT2D eigenvalue weighted by Gasteiger charge is -2.14. The van der Waals surface area contributed by atoms with Gasteiger partial charge in [-0.1, -0.05) is 41.4 Å². The quantitative estimate of drug-likeness (QED) is 0.549. The van der Waals surface area contributed by atoms with Gasteiger partial charge in [0.2, 0.25) is 0 Å². The lowest BCUT2D eigenvalue weighted by molar-refractivity contribution is 0.102. The number of halogens is 2. The smallest absolute Gasteiger partial charge is 0.261 e. The Hall–Kier alpha value is -2.74. The van der Waals surface area contributed by atoms with E-state index in [0.717, 1.165) is 0 Å². The molecule has 0 atom stereocenters. The number of para-hydroxylation sites is 1. The predicted molar refractivity (Wildman–Crippen MR) is 115 cm³/mol. The van der Waals surface area contributed by atoms with Crippen molar-refractivity contribution in [3.8, 4) is 5.75 Å². The van der Waals surface area contributed by atoms with E-state index in [9.17, 15) is 13.2 Å². The maximum Gasteiger partial charge on any atom is 0.261 e. The Balaban J connectivity index is 1.92. The fourth-order valence-corrected chi connectivity index (χ4v) is 4.11. The van der Waals surface area contributed by atoms with Crippen LogP contribution in [-0.2, 0) is 10.0 Å².